The van der Waals surface area contributed by atoms with Crippen molar-refractivity contribution in [2.75, 3.05) is 20.3 Å². The maximum absolute atomic E-state index is 14.0. The summed E-state index contributed by atoms with van der Waals surface area (Å²) in [7, 11) is 1.36. The molecular formula is C28H26F4N4O3. The van der Waals surface area contributed by atoms with Crippen LogP contribution in [0.3, 0.4) is 0 Å². The van der Waals surface area contributed by atoms with Crippen molar-refractivity contribution in [3.05, 3.63) is 82.9 Å². The molecule has 2 aliphatic rings. The van der Waals surface area contributed by atoms with E-state index in [2.05, 4.69) is 10.3 Å². The Morgan fingerprint density at radius 2 is 2.03 bits per heavy atom. The van der Waals surface area contributed by atoms with Gasteiger partial charge in [0.1, 0.15) is 6.61 Å². The van der Waals surface area contributed by atoms with Crippen molar-refractivity contribution in [2.24, 2.45) is 5.92 Å². The fraction of sp³-hybridized carbons (Fsp3) is 0.321. The van der Waals surface area contributed by atoms with E-state index >= 15 is 0 Å². The van der Waals surface area contributed by atoms with E-state index in [0.717, 1.165) is 19.0 Å². The molecule has 11 heteroatoms. The van der Waals surface area contributed by atoms with Gasteiger partial charge in [-0.3, -0.25) is 15.2 Å². The van der Waals surface area contributed by atoms with Gasteiger partial charge in [-0.05, 0) is 71.8 Å². The molecular weight excluding hydrogens is 516 g/mol. The number of nitrogens with one attached hydrogen (secondary N) is 2. The zero-order valence-electron chi connectivity index (χ0n) is 21.0. The predicted octanol–water partition coefficient (Wildman–Crippen LogP) is 5.56. The summed E-state index contributed by atoms with van der Waals surface area (Å²) in [6.45, 7) is 0.952. The summed E-state index contributed by atoms with van der Waals surface area (Å²) in [5, 5.41) is 10.9. The number of amidine groups is 1. The lowest BCUT2D eigenvalue weighted by Crippen LogP contribution is -2.30. The average molecular weight is 543 g/mol. The number of hydrogen-bond donors (Lipinski definition) is 2. The summed E-state index contributed by atoms with van der Waals surface area (Å²) in [5.41, 5.74) is 0.337. The highest BCUT2D eigenvalue weighted by atomic mass is 19.4. The summed E-state index contributed by atoms with van der Waals surface area (Å²) < 4.78 is 65.7. The molecule has 1 atom stereocenters. The van der Waals surface area contributed by atoms with Crippen molar-refractivity contribution in [1.29, 1.82) is 5.41 Å². The minimum Gasteiger partial charge on any atom is -0.494 e. The summed E-state index contributed by atoms with van der Waals surface area (Å²) in [6.07, 6.45) is -1.88. The summed E-state index contributed by atoms with van der Waals surface area (Å²) in [6, 6.07) is 11.3. The van der Waals surface area contributed by atoms with Crippen molar-refractivity contribution in [3.8, 4) is 16.9 Å². The molecule has 1 aliphatic carbocycles. The number of methoxy groups -OCH3 is 1. The van der Waals surface area contributed by atoms with Crippen molar-refractivity contribution in [2.45, 2.75) is 31.6 Å². The maximum atomic E-state index is 14.0. The van der Waals surface area contributed by atoms with E-state index in [1.807, 2.05) is 0 Å². The zero-order valence-corrected chi connectivity index (χ0v) is 21.0. The number of aromatic nitrogens is 1. The van der Waals surface area contributed by atoms with E-state index < -0.39 is 29.6 Å². The molecule has 2 N–H and O–H groups in total. The molecule has 1 aliphatic heterocycles. The van der Waals surface area contributed by atoms with Gasteiger partial charge in [0.25, 0.3) is 11.9 Å². The first kappa shape index (κ1) is 26.5. The van der Waals surface area contributed by atoms with E-state index in [1.54, 1.807) is 29.2 Å². The molecule has 1 saturated heterocycles. The highest BCUT2D eigenvalue weighted by molar-refractivity contribution is 5.96. The molecule has 204 valence electrons. The van der Waals surface area contributed by atoms with Gasteiger partial charge in [-0.15, -0.1) is 0 Å². The number of amides is 1. The summed E-state index contributed by atoms with van der Waals surface area (Å²) in [4.78, 5) is 18.8. The highest BCUT2D eigenvalue weighted by Crippen LogP contribution is 2.42. The standard InChI is InChI=1S/C28H26F4N4O3/c1-38-23-14-18(6-7-22(23)29)24(17-4-5-17)35-26(37)20-12-16(15-36-9-10-39-27(36)33)11-19(13-20)21-3-2-8-34-25(21)28(30,31)32/h2-3,6-8,11-14,17,24,33H,4-5,9-10,15H2,1H3,(H,35,37). The van der Waals surface area contributed by atoms with Gasteiger partial charge < -0.3 is 19.7 Å². The number of carbonyl (C=O) groups excluding carboxylic acids is 1. The third-order valence-electron chi connectivity index (χ3n) is 6.82. The van der Waals surface area contributed by atoms with Crippen molar-refractivity contribution >= 4 is 11.9 Å². The Balaban J connectivity index is 1.52. The Morgan fingerprint density at radius 1 is 1.23 bits per heavy atom. The van der Waals surface area contributed by atoms with Gasteiger partial charge in [0, 0.05) is 23.9 Å². The smallest absolute Gasteiger partial charge is 0.433 e. The van der Waals surface area contributed by atoms with Crippen LogP contribution in [-0.4, -0.2) is 42.1 Å². The number of hydrogen-bond acceptors (Lipinski definition) is 5. The van der Waals surface area contributed by atoms with Crippen LogP contribution in [0.15, 0.2) is 54.7 Å². The average Bonchev–Trinajstić information content (AvgIpc) is 3.68. The molecule has 1 saturated carbocycles. The first-order valence-corrected chi connectivity index (χ1v) is 12.4. The first-order chi connectivity index (χ1) is 18.6. The lowest BCUT2D eigenvalue weighted by molar-refractivity contribution is -0.140. The molecule has 0 bridgehead atoms. The molecule has 2 fully saturated rings. The largest absolute Gasteiger partial charge is 0.494 e. The molecule has 2 heterocycles. The topological polar surface area (TPSA) is 87.5 Å². The number of rotatable bonds is 8. The van der Waals surface area contributed by atoms with Gasteiger partial charge in [0.05, 0.1) is 19.7 Å². The Labute approximate surface area is 222 Å². The molecule has 1 amide bonds. The molecule has 5 rings (SSSR count). The van der Waals surface area contributed by atoms with Crippen LogP contribution in [0.25, 0.3) is 11.1 Å². The Kier molecular flexibility index (Phi) is 7.16. The number of halogens is 4. The van der Waals surface area contributed by atoms with Crippen molar-refractivity contribution in [1.82, 2.24) is 15.2 Å². The maximum Gasteiger partial charge on any atom is 0.433 e. The Bertz CT molecular complexity index is 1410. The third-order valence-corrected chi connectivity index (χ3v) is 6.82. The fourth-order valence-corrected chi connectivity index (χ4v) is 4.75. The van der Waals surface area contributed by atoms with Gasteiger partial charge >= 0.3 is 6.18 Å². The molecule has 0 spiro atoms. The van der Waals surface area contributed by atoms with Crippen LogP contribution >= 0.6 is 0 Å². The predicted molar refractivity (Wildman–Crippen MR) is 135 cm³/mol. The quantitative estimate of drug-likeness (QED) is 0.364. The molecule has 2 aromatic carbocycles. The van der Waals surface area contributed by atoms with Crippen molar-refractivity contribution in [3.63, 3.8) is 0 Å². The van der Waals surface area contributed by atoms with Crippen LogP contribution in [-0.2, 0) is 17.5 Å². The lowest BCUT2D eigenvalue weighted by atomic mass is 9.96. The van der Waals surface area contributed by atoms with Gasteiger partial charge in [-0.2, -0.15) is 13.2 Å². The zero-order chi connectivity index (χ0) is 27.7. The van der Waals surface area contributed by atoms with Gasteiger partial charge in [-0.25, -0.2) is 4.39 Å². The molecule has 39 heavy (non-hydrogen) atoms. The van der Waals surface area contributed by atoms with Crippen LogP contribution in [0.2, 0.25) is 0 Å². The van der Waals surface area contributed by atoms with E-state index in [1.165, 1.54) is 31.4 Å². The highest BCUT2D eigenvalue weighted by Gasteiger charge is 2.36. The third kappa shape index (κ3) is 5.81. The minimum absolute atomic E-state index is 0.0391. The van der Waals surface area contributed by atoms with Crippen LogP contribution in [0.1, 0.15) is 46.1 Å². The van der Waals surface area contributed by atoms with Crippen molar-refractivity contribution < 1.29 is 31.8 Å². The van der Waals surface area contributed by atoms with E-state index in [0.29, 0.717) is 24.3 Å². The number of pyridine rings is 1. The van der Waals surface area contributed by atoms with Gasteiger partial charge in [0.2, 0.25) is 0 Å². The normalized spacial score (nSPS) is 16.1. The second-order valence-electron chi connectivity index (χ2n) is 9.57. The monoisotopic (exact) mass is 542 g/mol. The number of benzene rings is 2. The van der Waals surface area contributed by atoms with E-state index in [4.69, 9.17) is 14.9 Å². The van der Waals surface area contributed by atoms with E-state index in [9.17, 15) is 22.4 Å². The number of nitrogens with zero attached hydrogens (tertiary/aromatic N) is 2. The lowest BCUT2D eigenvalue weighted by Gasteiger charge is -2.21. The molecule has 1 aromatic heterocycles. The SMILES string of the molecule is COc1cc(C(NC(=O)c2cc(CN3CCOC3=N)cc(-c3cccnc3C(F)(F)F)c2)C2CC2)ccc1F. The van der Waals surface area contributed by atoms with Crippen LogP contribution in [0.4, 0.5) is 17.6 Å². The molecule has 0 radical (unpaired) electrons. The van der Waals surface area contributed by atoms with Crippen LogP contribution in [0, 0.1) is 17.1 Å². The van der Waals surface area contributed by atoms with Gasteiger partial charge in [0.15, 0.2) is 17.3 Å². The van der Waals surface area contributed by atoms with Crippen LogP contribution in [0.5, 0.6) is 5.75 Å². The Morgan fingerprint density at radius 3 is 2.69 bits per heavy atom. The Hall–Kier alpha value is -4.15. The van der Waals surface area contributed by atoms with E-state index in [-0.39, 0.29) is 40.9 Å². The second-order valence-corrected chi connectivity index (χ2v) is 9.57. The second kappa shape index (κ2) is 10.5. The van der Waals surface area contributed by atoms with Crippen LogP contribution < -0.4 is 10.1 Å². The first-order valence-electron chi connectivity index (χ1n) is 12.4. The van der Waals surface area contributed by atoms with Gasteiger partial charge in [-0.1, -0.05) is 12.1 Å². The fourth-order valence-electron chi connectivity index (χ4n) is 4.75. The number of carbonyl (C=O) groups is 1. The molecule has 7 nitrogen and oxygen atoms in total. The summed E-state index contributed by atoms with van der Waals surface area (Å²) in [5.74, 6) is -0.802. The summed E-state index contributed by atoms with van der Waals surface area (Å²) >= 11 is 0. The molecule has 1 unspecified atom stereocenters. The number of alkyl halides is 3. The minimum atomic E-state index is -4.70. The number of ether oxygens (including phenoxy) is 2. The molecule has 3 aromatic rings.